The van der Waals surface area contributed by atoms with Crippen LogP contribution in [0.1, 0.15) is 12.1 Å². The number of carboxylic acid groups (broad SMARTS) is 2. The van der Waals surface area contributed by atoms with Crippen molar-refractivity contribution in [2.75, 3.05) is 18.0 Å². The van der Waals surface area contributed by atoms with Gasteiger partial charge in [-0.25, -0.2) is 14.6 Å². The van der Waals surface area contributed by atoms with Crippen molar-refractivity contribution in [1.82, 2.24) is 20.5 Å². The van der Waals surface area contributed by atoms with Crippen LogP contribution in [0.5, 0.6) is 0 Å². The number of carboxylic acids is 2. The van der Waals surface area contributed by atoms with Crippen LogP contribution in [-0.2, 0) is 24.0 Å². The molecule has 0 radical (unpaired) electrons. The number of oxime groups is 1. The van der Waals surface area contributed by atoms with E-state index in [0.29, 0.717) is 29.2 Å². The summed E-state index contributed by atoms with van der Waals surface area (Å²) in [7, 11) is 0. The van der Waals surface area contributed by atoms with E-state index in [9.17, 15) is 42.7 Å². The van der Waals surface area contributed by atoms with E-state index in [-0.39, 0.29) is 28.3 Å². The fourth-order valence-electron chi connectivity index (χ4n) is 4.37. The minimum atomic E-state index is -5.08. The number of amides is 2. The van der Waals surface area contributed by atoms with Crippen molar-refractivity contribution in [2.24, 2.45) is 5.16 Å². The maximum atomic E-state index is 13.0. The molecule has 44 heavy (non-hydrogen) atoms. The number of alkyl halides is 3. The number of fused-ring (bicyclic) bond motifs is 1. The number of halogens is 3. The summed E-state index contributed by atoms with van der Waals surface area (Å²) in [5.74, 6) is -5.19. The summed E-state index contributed by atoms with van der Waals surface area (Å²) in [6, 6.07) is -1.22. The molecule has 4 aliphatic heterocycles. The number of nitrogens with one attached hydrogen (secondary N) is 2. The number of thioether (sulfide) groups is 2. The van der Waals surface area contributed by atoms with Crippen LogP contribution in [-0.4, -0.2) is 96.5 Å². The largest absolute Gasteiger partial charge is 0.490 e. The molecule has 3 atom stereocenters. The van der Waals surface area contributed by atoms with Gasteiger partial charge in [0.05, 0.1) is 4.91 Å². The van der Waals surface area contributed by atoms with Gasteiger partial charge in [0.1, 0.15) is 22.8 Å². The molecule has 14 nitrogen and oxygen atoms in total. The molecule has 2 amide bonds. The fourth-order valence-corrected chi connectivity index (χ4v) is 6.96. The summed E-state index contributed by atoms with van der Waals surface area (Å²) in [4.78, 5) is 64.4. The number of rotatable bonds is 6. The first-order valence-corrected chi connectivity index (χ1v) is 15.0. The zero-order valence-corrected chi connectivity index (χ0v) is 24.4. The molecule has 2 fully saturated rings. The van der Waals surface area contributed by atoms with Crippen LogP contribution in [0.25, 0.3) is 0 Å². The van der Waals surface area contributed by atoms with E-state index in [1.54, 1.807) is 11.5 Å². The van der Waals surface area contributed by atoms with Gasteiger partial charge in [-0.2, -0.15) is 13.2 Å². The molecule has 1 aromatic rings. The van der Waals surface area contributed by atoms with Crippen LogP contribution in [0.4, 0.5) is 18.3 Å². The minimum Gasteiger partial charge on any atom is -0.477 e. The molecule has 1 aromatic heterocycles. The van der Waals surface area contributed by atoms with Gasteiger partial charge in [0, 0.05) is 17.2 Å². The zero-order valence-electron chi connectivity index (χ0n) is 21.9. The van der Waals surface area contributed by atoms with E-state index in [1.807, 2.05) is 6.08 Å². The van der Waals surface area contributed by atoms with E-state index in [0.717, 1.165) is 16.9 Å². The average molecular weight is 675 g/mol. The smallest absolute Gasteiger partial charge is 0.477 e. The maximum absolute atomic E-state index is 13.0. The van der Waals surface area contributed by atoms with Crippen molar-refractivity contribution in [1.29, 1.82) is 0 Å². The molecule has 1 unspecified atom stereocenters. The first-order chi connectivity index (χ1) is 20.7. The molecule has 20 heteroatoms. The normalized spacial score (nSPS) is 25.1. The minimum absolute atomic E-state index is 0.0608. The second-order valence-corrected chi connectivity index (χ2v) is 12.0. The Morgan fingerprint density at radius 2 is 1.95 bits per heavy atom. The number of hydrogen-bond acceptors (Lipinski definition) is 13. The van der Waals surface area contributed by atoms with Gasteiger partial charge < -0.3 is 31.8 Å². The molecule has 0 aliphatic carbocycles. The van der Waals surface area contributed by atoms with Crippen LogP contribution in [0, 0.1) is 0 Å². The van der Waals surface area contributed by atoms with E-state index >= 15 is 0 Å². The number of carbonyl (C=O) groups is 5. The first kappa shape index (κ1) is 32.8. The molecule has 0 bridgehead atoms. The first-order valence-electron chi connectivity index (χ1n) is 12.2. The molecule has 7 N–H and O–H groups in total. The quantitative estimate of drug-likeness (QED) is 0.0823. The molecular weight excluding hydrogens is 653 g/mol. The molecule has 0 spiro atoms. The standard InChI is InChI=1S/C22H20N6O6S3.C2HF3O2/c23-22-25-12(8-37-22)15(27-34)18(30)26-16-19(31)28-17(21(32)33)10(7-36-20(16)28)5-9-1-3-24-11(9)6-14-13(29)2-4-35-14;3-2(4,5)1(6)7/h2,4-6,8,11,16,20,24,34H,1,3,7H2,(H2,23,25)(H,26,30)(H,32,33);(H,6,7)/b9-5+,14-6-,27-15-;/t11?,16-,20-;/m1./s1. The highest BCUT2D eigenvalue weighted by Gasteiger charge is 2.54. The third kappa shape index (κ3) is 6.98. The van der Waals surface area contributed by atoms with E-state index in [2.05, 4.69) is 20.8 Å². The molecule has 234 valence electrons. The van der Waals surface area contributed by atoms with Crippen molar-refractivity contribution < 1.29 is 52.6 Å². The Morgan fingerprint density at radius 1 is 1.25 bits per heavy atom. The predicted molar refractivity (Wildman–Crippen MR) is 153 cm³/mol. The summed E-state index contributed by atoms with van der Waals surface area (Å²) in [5.41, 5.74) is 6.50. The number of thiazole rings is 1. The number of ketones is 1. The predicted octanol–water partition coefficient (Wildman–Crippen LogP) is 1.28. The summed E-state index contributed by atoms with van der Waals surface area (Å²) in [6.45, 7) is 0.675. The Labute approximate surface area is 257 Å². The zero-order chi connectivity index (χ0) is 32.3. The third-order valence-corrected chi connectivity index (χ3v) is 9.16. The summed E-state index contributed by atoms with van der Waals surface area (Å²) in [5, 5.41) is 37.9. The lowest BCUT2D eigenvalue weighted by Gasteiger charge is -2.49. The van der Waals surface area contributed by atoms with Crippen LogP contribution in [0.2, 0.25) is 0 Å². The lowest BCUT2D eigenvalue weighted by Crippen LogP contribution is -2.71. The van der Waals surface area contributed by atoms with Gasteiger partial charge in [-0.05, 0) is 41.7 Å². The number of β-lactam (4-membered cyclic amide) rings is 1. The monoisotopic (exact) mass is 674 g/mol. The van der Waals surface area contributed by atoms with Crippen molar-refractivity contribution >= 4 is 75.2 Å². The van der Waals surface area contributed by atoms with Gasteiger partial charge in [-0.3, -0.25) is 19.3 Å². The summed E-state index contributed by atoms with van der Waals surface area (Å²) in [6.07, 6.45) is 0.711. The maximum Gasteiger partial charge on any atom is 0.490 e. The Kier molecular flexibility index (Phi) is 9.86. The topological polar surface area (TPSA) is 225 Å². The Hall–Kier alpha value is -4.14. The van der Waals surface area contributed by atoms with Gasteiger partial charge in [0.15, 0.2) is 16.6 Å². The van der Waals surface area contributed by atoms with E-state index in [4.69, 9.17) is 15.6 Å². The number of nitrogens with zero attached hydrogens (tertiary/aromatic N) is 3. The molecule has 5 heterocycles. The van der Waals surface area contributed by atoms with E-state index < -0.39 is 47.1 Å². The molecule has 0 saturated carbocycles. The van der Waals surface area contributed by atoms with Crippen molar-refractivity contribution in [3.05, 3.63) is 56.5 Å². The SMILES string of the molecule is Nc1nc(/C(=N/O)C(=O)N[C@@H]2C(=O)N3C(C(=O)O)=C(/C=C4\CCNC4/C=C4\SC=CC4=O)CS[C@H]23)cs1.O=C(O)C(F)(F)F. The molecule has 4 aliphatic rings. The Balaban J connectivity index is 0.000000566. The lowest BCUT2D eigenvalue weighted by molar-refractivity contribution is -0.192. The highest BCUT2D eigenvalue weighted by atomic mass is 32.2. The number of anilines is 1. The molecule has 2 saturated heterocycles. The average Bonchev–Trinajstić information content (AvgIpc) is 3.69. The number of nitrogens with two attached hydrogens (primary N) is 1. The van der Waals surface area contributed by atoms with Gasteiger partial charge in [-0.1, -0.05) is 23.0 Å². The fraction of sp³-hybridized carbons (Fsp3) is 0.292. The second-order valence-electron chi connectivity index (χ2n) is 9.08. The Bertz CT molecular complexity index is 1570. The highest BCUT2D eigenvalue weighted by molar-refractivity contribution is 8.07. The van der Waals surface area contributed by atoms with Gasteiger partial charge >= 0.3 is 18.1 Å². The number of nitrogen functional groups attached to an aromatic ring is 1. The lowest BCUT2D eigenvalue weighted by atomic mass is 9.99. The highest BCUT2D eigenvalue weighted by Crippen LogP contribution is 2.41. The van der Waals surface area contributed by atoms with E-state index in [1.165, 1.54) is 39.9 Å². The number of carbonyl (C=O) groups excluding carboxylic acids is 3. The van der Waals surface area contributed by atoms with Crippen molar-refractivity contribution in [2.45, 2.75) is 30.1 Å². The van der Waals surface area contributed by atoms with Gasteiger partial charge in [0.25, 0.3) is 11.8 Å². The number of allylic oxidation sites excluding steroid dienone is 3. The number of aromatic nitrogens is 1. The summed E-state index contributed by atoms with van der Waals surface area (Å²) < 4.78 is 31.7. The summed E-state index contributed by atoms with van der Waals surface area (Å²) >= 11 is 3.72. The van der Waals surface area contributed by atoms with Crippen LogP contribution in [0.3, 0.4) is 0 Å². The third-order valence-electron chi connectivity index (χ3n) is 6.32. The van der Waals surface area contributed by atoms with Gasteiger partial charge in [0.2, 0.25) is 0 Å². The van der Waals surface area contributed by atoms with Crippen molar-refractivity contribution in [3.63, 3.8) is 0 Å². The second kappa shape index (κ2) is 13.2. The Morgan fingerprint density at radius 3 is 2.50 bits per heavy atom. The van der Waals surface area contributed by atoms with Gasteiger partial charge in [-0.15, -0.1) is 23.1 Å². The number of aliphatic carboxylic acids is 2. The molecule has 0 aromatic carbocycles. The number of hydrogen-bond donors (Lipinski definition) is 6. The van der Waals surface area contributed by atoms with Crippen LogP contribution in [0.15, 0.2) is 55.9 Å². The van der Waals surface area contributed by atoms with Crippen LogP contribution >= 0.6 is 34.9 Å². The molecule has 5 rings (SSSR count). The van der Waals surface area contributed by atoms with Crippen molar-refractivity contribution in [3.8, 4) is 0 Å². The van der Waals surface area contributed by atoms with Crippen LogP contribution < -0.4 is 16.4 Å². The molecular formula is C24H21F3N6O8S3.